The van der Waals surface area contributed by atoms with Crippen LogP contribution in [0.5, 0.6) is 5.75 Å². The van der Waals surface area contributed by atoms with Crippen LogP contribution in [0.25, 0.3) is 10.4 Å². The van der Waals surface area contributed by atoms with Gasteiger partial charge in [-0.3, -0.25) is 4.79 Å². The number of hydrogen-bond donors (Lipinski definition) is 1. The van der Waals surface area contributed by atoms with Gasteiger partial charge >= 0.3 is 5.97 Å². The Bertz CT molecular complexity index is 510. The first kappa shape index (κ1) is 15.9. The van der Waals surface area contributed by atoms with E-state index in [1.54, 1.807) is 0 Å². The van der Waals surface area contributed by atoms with Gasteiger partial charge < -0.3 is 9.84 Å². The van der Waals surface area contributed by atoms with Crippen LogP contribution in [0.15, 0.2) is 23.3 Å². The van der Waals surface area contributed by atoms with Crippen molar-refractivity contribution < 1.29 is 14.6 Å². The largest absolute Gasteiger partial charge is 0.494 e. The van der Waals surface area contributed by atoms with E-state index in [0.29, 0.717) is 25.2 Å². The molecule has 0 bridgehead atoms. The highest BCUT2D eigenvalue weighted by molar-refractivity contribution is 5.66. The standard InChI is InChI=1S/C14H19N3O3/c1-3-20-13-8-7-10(2)9-11(13)12(16-17-15)5-4-6-14(18)19/h7-9,12H,3-6H2,1-2H3,(H,18,19). The van der Waals surface area contributed by atoms with Crippen molar-refractivity contribution in [1.82, 2.24) is 0 Å². The van der Waals surface area contributed by atoms with Gasteiger partial charge in [0.1, 0.15) is 5.75 Å². The van der Waals surface area contributed by atoms with Crippen LogP contribution in [0.4, 0.5) is 0 Å². The third kappa shape index (κ3) is 4.82. The Hall–Kier alpha value is -2.20. The number of aryl methyl sites for hydroxylation is 1. The Morgan fingerprint density at radius 2 is 2.30 bits per heavy atom. The molecule has 1 rings (SSSR count). The maximum Gasteiger partial charge on any atom is 0.303 e. The second-order valence-electron chi connectivity index (χ2n) is 4.48. The fourth-order valence-electron chi connectivity index (χ4n) is 2.00. The van der Waals surface area contributed by atoms with E-state index < -0.39 is 12.0 Å². The van der Waals surface area contributed by atoms with Crippen LogP contribution in [0.1, 0.15) is 43.4 Å². The molecule has 0 saturated carbocycles. The summed E-state index contributed by atoms with van der Waals surface area (Å²) in [5.74, 6) is -0.162. The Kier molecular flexibility index (Phi) is 6.40. The molecule has 0 radical (unpaired) electrons. The van der Waals surface area contributed by atoms with E-state index in [1.165, 1.54) is 0 Å². The molecule has 0 fully saturated rings. The van der Waals surface area contributed by atoms with E-state index in [-0.39, 0.29) is 6.42 Å². The van der Waals surface area contributed by atoms with Crippen molar-refractivity contribution in [3.8, 4) is 5.75 Å². The van der Waals surface area contributed by atoms with E-state index in [1.807, 2.05) is 32.0 Å². The summed E-state index contributed by atoms with van der Waals surface area (Å²) in [6.45, 7) is 4.36. The molecule has 0 saturated heterocycles. The normalized spacial score (nSPS) is 11.5. The zero-order valence-corrected chi connectivity index (χ0v) is 11.7. The molecule has 0 aromatic heterocycles. The Labute approximate surface area is 118 Å². The van der Waals surface area contributed by atoms with Crippen molar-refractivity contribution in [2.45, 2.75) is 39.2 Å². The molecule has 108 valence electrons. The molecule has 0 aliphatic rings. The van der Waals surface area contributed by atoms with Gasteiger partial charge in [0, 0.05) is 16.9 Å². The van der Waals surface area contributed by atoms with E-state index in [0.717, 1.165) is 11.1 Å². The lowest BCUT2D eigenvalue weighted by Gasteiger charge is -2.16. The number of carboxylic acid groups (broad SMARTS) is 1. The molecule has 1 N–H and O–H groups in total. The highest BCUT2D eigenvalue weighted by Gasteiger charge is 2.15. The van der Waals surface area contributed by atoms with Crippen LogP contribution >= 0.6 is 0 Å². The smallest absolute Gasteiger partial charge is 0.303 e. The van der Waals surface area contributed by atoms with Crippen LogP contribution in [-0.2, 0) is 4.79 Å². The number of benzene rings is 1. The van der Waals surface area contributed by atoms with Gasteiger partial charge in [0.25, 0.3) is 0 Å². The third-order valence-corrected chi connectivity index (χ3v) is 2.88. The molecule has 0 aliphatic heterocycles. The van der Waals surface area contributed by atoms with E-state index in [4.69, 9.17) is 15.4 Å². The molecule has 1 aromatic rings. The monoisotopic (exact) mass is 277 g/mol. The first-order valence-corrected chi connectivity index (χ1v) is 6.57. The molecule has 0 heterocycles. The van der Waals surface area contributed by atoms with E-state index in [2.05, 4.69) is 10.0 Å². The van der Waals surface area contributed by atoms with Crippen LogP contribution in [-0.4, -0.2) is 17.7 Å². The molecule has 1 atom stereocenters. The number of carbonyl (C=O) groups is 1. The zero-order valence-electron chi connectivity index (χ0n) is 11.7. The van der Waals surface area contributed by atoms with Crippen LogP contribution in [0, 0.1) is 6.92 Å². The van der Waals surface area contributed by atoms with Gasteiger partial charge in [-0.25, -0.2) is 0 Å². The SMILES string of the molecule is CCOc1ccc(C)cc1C(CCCC(=O)O)N=[N+]=[N-]. The van der Waals surface area contributed by atoms with Gasteiger partial charge in [0.2, 0.25) is 0 Å². The number of carboxylic acids is 1. The van der Waals surface area contributed by atoms with Gasteiger partial charge in [-0.15, -0.1) is 0 Å². The summed E-state index contributed by atoms with van der Waals surface area (Å²) >= 11 is 0. The molecule has 0 spiro atoms. The molecule has 0 amide bonds. The van der Waals surface area contributed by atoms with Crippen molar-refractivity contribution >= 4 is 5.97 Å². The Balaban J connectivity index is 2.97. The van der Waals surface area contributed by atoms with Crippen LogP contribution < -0.4 is 4.74 Å². The maximum absolute atomic E-state index is 10.6. The lowest BCUT2D eigenvalue weighted by atomic mass is 9.99. The summed E-state index contributed by atoms with van der Waals surface area (Å²) < 4.78 is 5.55. The second-order valence-corrected chi connectivity index (χ2v) is 4.48. The predicted molar refractivity (Wildman–Crippen MR) is 75.7 cm³/mol. The molecule has 0 aliphatic carbocycles. The van der Waals surface area contributed by atoms with E-state index >= 15 is 0 Å². The summed E-state index contributed by atoms with van der Waals surface area (Å²) in [4.78, 5) is 13.4. The minimum absolute atomic E-state index is 0.0627. The first-order chi connectivity index (χ1) is 9.58. The van der Waals surface area contributed by atoms with Gasteiger partial charge in [-0.1, -0.05) is 22.8 Å². The van der Waals surface area contributed by atoms with Crippen molar-refractivity contribution in [3.05, 3.63) is 39.8 Å². The van der Waals surface area contributed by atoms with Crippen molar-refractivity contribution in [2.24, 2.45) is 5.11 Å². The van der Waals surface area contributed by atoms with E-state index in [9.17, 15) is 4.79 Å². The maximum atomic E-state index is 10.6. The molecular formula is C14H19N3O3. The number of nitrogens with zero attached hydrogens (tertiary/aromatic N) is 3. The quantitative estimate of drug-likeness (QED) is 0.442. The van der Waals surface area contributed by atoms with Crippen LogP contribution in [0.2, 0.25) is 0 Å². The van der Waals surface area contributed by atoms with Gasteiger partial charge in [0.05, 0.1) is 12.6 Å². The summed E-state index contributed by atoms with van der Waals surface area (Å²) in [5, 5.41) is 12.5. The minimum Gasteiger partial charge on any atom is -0.494 e. The molecular weight excluding hydrogens is 258 g/mol. The summed E-state index contributed by atoms with van der Waals surface area (Å²) in [7, 11) is 0. The minimum atomic E-state index is -0.848. The van der Waals surface area contributed by atoms with Gasteiger partial charge in [0.15, 0.2) is 0 Å². The summed E-state index contributed by atoms with van der Waals surface area (Å²) in [6.07, 6.45) is 1.01. The number of hydrogen-bond acceptors (Lipinski definition) is 3. The van der Waals surface area contributed by atoms with Crippen molar-refractivity contribution in [2.75, 3.05) is 6.61 Å². The Morgan fingerprint density at radius 3 is 2.90 bits per heavy atom. The average molecular weight is 277 g/mol. The van der Waals surface area contributed by atoms with Gasteiger partial charge in [-0.05, 0) is 38.3 Å². The first-order valence-electron chi connectivity index (χ1n) is 6.57. The number of ether oxygens (including phenoxy) is 1. The molecule has 20 heavy (non-hydrogen) atoms. The predicted octanol–water partition coefficient (Wildman–Crippen LogP) is 4.00. The van der Waals surface area contributed by atoms with Crippen molar-refractivity contribution in [3.63, 3.8) is 0 Å². The summed E-state index contributed by atoms with van der Waals surface area (Å²) in [5.41, 5.74) is 10.6. The topological polar surface area (TPSA) is 95.3 Å². The van der Waals surface area contributed by atoms with Crippen molar-refractivity contribution in [1.29, 1.82) is 0 Å². The lowest BCUT2D eigenvalue weighted by Crippen LogP contribution is -2.03. The number of azide groups is 1. The molecule has 6 nitrogen and oxygen atoms in total. The number of aliphatic carboxylic acids is 1. The highest BCUT2D eigenvalue weighted by Crippen LogP contribution is 2.32. The fourth-order valence-corrected chi connectivity index (χ4v) is 2.00. The Morgan fingerprint density at radius 1 is 1.55 bits per heavy atom. The highest BCUT2D eigenvalue weighted by atomic mass is 16.5. The number of rotatable bonds is 8. The molecule has 1 unspecified atom stereocenters. The van der Waals surface area contributed by atoms with Gasteiger partial charge in [-0.2, -0.15) is 0 Å². The average Bonchev–Trinajstić information content (AvgIpc) is 2.40. The molecule has 6 heteroatoms. The molecule has 1 aromatic carbocycles. The third-order valence-electron chi connectivity index (χ3n) is 2.88. The zero-order chi connectivity index (χ0) is 15.0. The lowest BCUT2D eigenvalue weighted by molar-refractivity contribution is -0.137. The fraction of sp³-hybridized carbons (Fsp3) is 0.500. The second kappa shape index (κ2) is 8.07. The summed E-state index contributed by atoms with van der Waals surface area (Å²) in [6, 6.07) is 5.30. The van der Waals surface area contributed by atoms with Crippen LogP contribution in [0.3, 0.4) is 0 Å².